The lowest BCUT2D eigenvalue weighted by Gasteiger charge is -2.09. The van der Waals surface area contributed by atoms with Crippen LogP contribution in [0.2, 0.25) is 0 Å². The van der Waals surface area contributed by atoms with Crippen LogP contribution in [0.5, 0.6) is 0 Å². The zero-order valence-electron chi connectivity index (χ0n) is 11.5. The van der Waals surface area contributed by atoms with E-state index < -0.39 is 0 Å². The molecule has 0 heterocycles. The molecule has 100 valence electrons. The van der Waals surface area contributed by atoms with Crippen molar-refractivity contribution in [3.05, 3.63) is 34.9 Å². The molecule has 0 radical (unpaired) electrons. The molecule has 0 aromatic heterocycles. The van der Waals surface area contributed by atoms with Gasteiger partial charge < -0.3 is 11.1 Å². The first-order chi connectivity index (χ1) is 8.79. The third-order valence-electron chi connectivity index (χ3n) is 3.97. The van der Waals surface area contributed by atoms with Crippen molar-refractivity contribution in [2.24, 2.45) is 11.7 Å². The summed E-state index contributed by atoms with van der Waals surface area (Å²) in [4.78, 5) is 0. The van der Waals surface area contributed by atoms with Crippen LogP contribution in [0.4, 0.5) is 0 Å². The van der Waals surface area contributed by atoms with Crippen molar-refractivity contribution in [3.63, 3.8) is 0 Å². The van der Waals surface area contributed by atoms with E-state index in [1.54, 1.807) is 11.1 Å². The third-order valence-corrected chi connectivity index (χ3v) is 3.97. The smallest absolute Gasteiger partial charge is 0.000835 e. The molecule has 18 heavy (non-hydrogen) atoms. The van der Waals surface area contributed by atoms with Crippen molar-refractivity contribution in [1.29, 1.82) is 0 Å². The van der Waals surface area contributed by atoms with Gasteiger partial charge in [0, 0.05) is 0 Å². The molecule has 0 saturated carbocycles. The summed E-state index contributed by atoms with van der Waals surface area (Å²) in [6.45, 7) is 5.17. The fourth-order valence-electron chi connectivity index (χ4n) is 2.60. The molecule has 1 aliphatic carbocycles. The first-order valence-corrected chi connectivity index (χ1v) is 7.31. The van der Waals surface area contributed by atoms with Crippen LogP contribution in [0.25, 0.3) is 0 Å². The van der Waals surface area contributed by atoms with E-state index in [1.807, 2.05) is 0 Å². The second-order valence-corrected chi connectivity index (χ2v) is 5.59. The molecule has 1 atom stereocenters. The zero-order valence-corrected chi connectivity index (χ0v) is 11.5. The summed E-state index contributed by atoms with van der Waals surface area (Å²) < 4.78 is 0. The van der Waals surface area contributed by atoms with Gasteiger partial charge >= 0.3 is 0 Å². The fraction of sp³-hybridized carbons (Fsp3) is 0.625. The number of aryl methyl sites for hydroxylation is 2. The molecule has 1 aromatic carbocycles. The molecule has 1 aromatic rings. The Morgan fingerprint density at radius 1 is 1.22 bits per heavy atom. The number of nitrogens with one attached hydrogen (secondary N) is 1. The number of rotatable bonds is 7. The molecule has 2 heteroatoms. The van der Waals surface area contributed by atoms with Gasteiger partial charge in [-0.2, -0.15) is 0 Å². The van der Waals surface area contributed by atoms with Gasteiger partial charge in [0.2, 0.25) is 0 Å². The summed E-state index contributed by atoms with van der Waals surface area (Å²) in [7, 11) is 0. The maximum atomic E-state index is 5.60. The van der Waals surface area contributed by atoms with Crippen LogP contribution in [0.1, 0.15) is 36.5 Å². The van der Waals surface area contributed by atoms with Crippen molar-refractivity contribution >= 4 is 0 Å². The molecule has 0 aliphatic heterocycles. The van der Waals surface area contributed by atoms with Gasteiger partial charge in [0.15, 0.2) is 0 Å². The number of fused-ring (bicyclic) bond motifs is 1. The van der Waals surface area contributed by atoms with E-state index in [-0.39, 0.29) is 0 Å². The van der Waals surface area contributed by atoms with Crippen molar-refractivity contribution in [2.75, 3.05) is 19.6 Å². The minimum Gasteiger partial charge on any atom is -0.330 e. The van der Waals surface area contributed by atoms with E-state index >= 15 is 0 Å². The number of benzene rings is 1. The van der Waals surface area contributed by atoms with E-state index in [9.17, 15) is 0 Å². The Hall–Kier alpha value is -0.860. The van der Waals surface area contributed by atoms with Gasteiger partial charge in [-0.15, -0.1) is 0 Å². The SMILES string of the molecule is CC(CN)CCNCCc1ccc2c(c1)CCC2. The monoisotopic (exact) mass is 246 g/mol. The van der Waals surface area contributed by atoms with Crippen molar-refractivity contribution < 1.29 is 0 Å². The van der Waals surface area contributed by atoms with E-state index in [0.29, 0.717) is 5.92 Å². The van der Waals surface area contributed by atoms with Crippen LogP contribution >= 0.6 is 0 Å². The lowest BCUT2D eigenvalue weighted by molar-refractivity contribution is 0.511. The molecule has 3 N–H and O–H groups in total. The van der Waals surface area contributed by atoms with Gasteiger partial charge in [0.25, 0.3) is 0 Å². The topological polar surface area (TPSA) is 38.0 Å². The summed E-state index contributed by atoms with van der Waals surface area (Å²) >= 11 is 0. The summed E-state index contributed by atoms with van der Waals surface area (Å²) in [6, 6.07) is 7.04. The number of nitrogens with two attached hydrogens (primary N) is 1. The summed E-state index contributed by atoms with van der Waals surface area (Å²) in [5.74, 6) is 0.637. The van der Waals surface area contributed by atoms with Crippen LogP contribution in [0, 0.1) is 5.92 Å². The van der Waals surface area contributed by atoms with Crippen molar-refractivity contribution in [3.8, 4) is 0 Å². The highest BCUT2D eigenvalue weighted by Gasteiger charge is 2.10. The molecule has 0 amide bonds. The molecule has 0 saturated heterocycles. The highest BCUT2D eigenvalue weighted by atomic mass is 14.8. The second-order valence-electron chi connectivity index (χ2n) is 5.59. The van der Waals surface area contributed by atoms with Crippen LogP contribution in [-0.2, 0) is 19.3 Å². The van der Waals surface area contributed by atoms with E-state index in [0.717, 1.165) is 26.1 Å². The lowest BCUT2D eigenvalue weighted by Crippen LogP contribution is -2.22. The summed E-state index contributed by atoms with van der Waals surface area (Å²) in [5, 5.41) is 3.51. The van der Waals surface area contributed by atoms with Gasteiger partial charge in [-0.25, -0.2) is 0 Å². The quantitative estimate of drug-likeness (QED) is 0.724. The summed E-state index contributed by atoms with van der Waals surface area (Å²) in [5.41, 5.74) is 10.2. The van der Waals surface area contributed by atoms with Crippen LogP contribution < -0.4 is 11.1 Å². The molecule has 0 spiro atoms. The maximum absolute atomic E-state index is 5.60. The molecular weight excluding hydrogens is 220 g/mol. The number of hydrogen-bond acceptors (Lipinski definition) is 2. The van der Waals surface area contributed by atoms with Crippen LogP contribution in [0.15, 0.2) is 18.2 Å². The molecule has 1 aliphatic rings. The van der Waals surface area contributed by atoms with E-state index in [1.165, 1.54) is 31.2 Å². The van der Waals surface area contributed by atoms with Crippen molar-refractivity contribution in [1.82, 2.24) is 5.32 Å². The van der Waals surface area contributed by atoms with E-state index in [4.69, 9.17) is 5.73 Å². The van der Waals surface area contributed by atoms with Crippen LogP contribution in [0.3, 0.4) is 0 Å². The molecule has 2 rings (SSSR count). The van der Waals surface area contributed by atoms with Gasteiger partial charge in [-0.3, -0.25) is 0 Å². The maximum Gasteiger partial charge on any atom is -0.000835 e. The Morgan fingerprint density at radius 2 is 2.06 bits per heavy atom. The predicted molar refractivity (Wildman–Crippen MR) is 77.9 cm³/mol. The van der Waals surface area contributed by atoms with Gasteiger partial charge in [0.05, 0.1) is 0 Å². The molecule has 2 nitrogen and oxygen atoms in total. The average molecular weight is 246 g/mol. The highest BCUT2D eigenvalue weighted by molar-refractivity contribution is 5.35. The number of hydrogen-bond donors (Lipinski definition) is 2. The third kappa shape index (κ3) is 3.82. The normalized spacial score (nSPS) is 15.7. The average Bonchev–Trinajstić information content (AvgIpc) is 2.85. The first kappa shape index (κ1) is 13.6. The Morgan fingerprint density at radius 3 is 2.89 bits per heavy atom. The van der Waals surface area contributed by atoms with Gasteiger partial charge in [-0.05, 0) is 74.3 Å². The first-order valence-electron chi connectivity index (χ1n) is 7.31. The highest BCUT2D eigenvalue weighted by Crippen LogP contribution is 2.22. The second kappa shape index (κ2) is 6.91. The Balaban J connectivity index is 1.68. The van der Waals surface area contributed by atoms with Gasteiger partial charge in [-0.1, -0.05) is 25.1 Å². The Bertz CT molecular complexity index is 373. The lowest BCUT2D eigenvalue weighted by atomic mass is 10.0. The minimum absolute atomic E-state index is 0.637. The van der Waals surface area contributed by atoms with Gasteiger partial charge in [0.1, 0.15) is 0 Å². The molecule has 0 bridgehead atoms. The largest absolute Gasteiger partial charge is 0.330 e. The molecule has 1 unspecified atom stereocenters. The Labute approximate surface area is 111 Å². The van der Waals surface area contributed by atoms with E-state index in [2.05, 4.69) is 30.4 Å². The minimum atomic E-state index is 0.637. The Kier molecular flexibility index (Phi) is 5.21. The summed E-state index contributed by atoms with van der Waals surface area (Å²) in [6.07, 6.45) is 6.23. The van der Waals surface area contributed by atoms with Crippen molar-refractivity contribution in [2.45, 2.75) is 39.0 Å². The molecule has 0 fully saturated rings. The predicted octanol–water partition coefficient (Wildman–Crippen LogP) is 2.29. The zero-order chi connectivity index (χ0) is 12.8. The molecular formula is C16H26N2. The van der Waals surface area contributed by atoms with Crippen LogP contribution in [-0.4, -0.2) is 19.6 Å². The standard InChI is InChI=1S/C16H26N2/c1-13(12-17)7-9-18-10-8-14-5-6-15-3-2-4-16(15)11-14/h5-6,11,13,18H,2-4,7-10,12,17H2,1H3. The fourth-order valence-corrected chi connectivity index (χ4v) is 2.60.